The summed E-state index contributed by atoms with van der Waals surface area (Å²) in [4.78, 5) is 4.29. The Morgan fingerprint density at radius 3 is 2.68 bits per heavy atom. The predicted molar refractivity (Wildman–Crippen MR) is 85.9 cm³/mol. The number of nitrogens with zero attached hydrogens (tertiary/aromatic N) is 2. The number of aromatic nitrogens is 2. The van der Waals surface area contributed by atoms with Crippen molar-refractivity contribution in [1.29, 1.82) is 0 Å². The fourth-order valence-corrected chi connectivity index (χ4v) is 2.73. The topological polar surface area (TPSA) is 51.0 Å². The molecule has 0 aliphatic rings. The van der Waals surface area contributed by atoms with Gasteiger partial charge in [0.05, 0.1) is 5.56 Å². The number of halogens is 1. The van der Waals surface area contributed by atoms with Gasteiger partial charge in [0, 0.05) is 11.9 Å². The van der Waals surface area contributed by atoms with Crippen LogP contribution in [0.3, 0.4) is 0 Å². The van der Waals surface area contributed by atoms with Gasteiger partial charge in [-0.2, -0.15) is 0 Å². The molecule has 22 heavy (non-hydrogen) atoms. The first-order chi connectivity index (χ1) is 10.7. The van der Waals surface area contributed by atoms with E-state index in [9.17, 15) is 4.39 Å². The normalized spacial score (nSPS) is 10.7. The third kappa shape index (κ3) is 2.96. The molecule has 112 valence electrons. The molecule has 0 fully saturated rings. The molecule has 2 aromatic heterocycles. The molecule has 0 saturated heterocycles. The first kappa shape index (κ1) is 14.6. The summed E-state index contributed by atoms with van der Waals surface area (Å²) in [6.45, 7) is 1.88. The summed E-state index contributed by atoms with van der Waals surface area (Å²) in [5.41, 5.74) is 2.72. The Balaban J connectivity index is 1.92. The number of aryl methyl sites for hydroxylation is 1. The first-order valence-corrected chi connectivity index (χ1v) is 7.89. The van der Waals surface area contributed by atoms with E-state index in [-0.39, 0.29) is 5.82 Å². The fourth-order valence-electron chi connectivity index (χ4n) is 2.15. The van der Waals surface area contributed by atoms with E-state index in [1.165, 1.54) is 23.9 Å². The van der Waals surface area contributed by atoms with Crippen LogP contribution in [0.1, 0.15) is 5.76 Å². The van der Waals surface area contributed by atoms with E-state index in [2.05, 4.69) is 15.5 Å². The molecule has 0 unspecified atom stereocenters. The Hall–Kier alpha value is -2.34. The van der Waals surface area contributed by atoms with Gasteiger partial charge < -0.3 is 9.84 Å². The largest absolute Gasteiger partial charge is 0.360 e. The van der Waals surface area contributed by atoms with Crippen LogP contribution in [-0.4, -0.2) is 16.4 Å². The lowest BCUT2D eigenvalue weighted by atomic mass is 10.1. The molecule has 3 rings (SSSR count). The van der Waals surface area contributed by atoms with Crippen molar-refractivity contribution >= 4 is 23.3 Å². The van der Waals surface area contributed by atoms with Gasteiger partial charge in [-0.3, -0.25) is 0 Å². The number of hydrogen-bond donors (Lipinski definition) is 1. The average molecular weight is 315 g/mol. The molecule has 0 saturated carbocycles. The zero-order valence-electron chi connectivity index (χ0n) is 12.1. The van der Waals surface area contributed by atoms with Crippen LogP contribution < -0.4 is 5.32 Å². The smallest absolute Gasteiger partial charge is 0.147 e. The van der Waals surface area contributed by atoms with Crippen LogP contribution in [0.2, 0.25) is 0 Å². The lowest BCUT2D eigenvalue weighted by Gasteiger charge is -2.07. The van der Waals surface area contributed by atoms with Crippen LogP contribution in [0.25, 0.3) is 11.1 Å². The second-order valence-corrected chi connectivity index (χ2v) is 5.48. The minimum Gasteiger partial charge on any atom is -0.360 e. The van der Waals surface area contributed by atoms with Gasteiger partial charge in [0.25, 0.3) is 0 Å². The Kier molecular flexibility index (Phi) is 4.11. The molecule has 0 aliphatic heterocycles. The van der Waals surface area contributed by atoms with Crippen molar-refractivity contribution < 1.29 is 8.91 Å². The van der Waals surface area contributed by atoms with E-state index in [1.807, 2.05) is 25.3 Å². The van der Waals surface area contributed by atoms with E-state index in [0.717, 1.165) is 27.6 Å². The highest BCUT2D eigenvalue weighted by molar-refractivity contribution is 7.98. The molecular formula is C16H14FN3OS. The number of pyridine rings is 1. The van der Waals surface area contributed by atoms with Crippen LogP contribution in [-0.2, 0) is 0 Å². The first-order valence-electron chi connectivity index (χ1n) is 6.66. The number of hydrogen-bond acceptors (Lipinski definition) is 5. The maximum Gasteiger partial charge on any atom is 0.147 e. The maximum atomic E-state index is 12.9. The summed E-state index contributed by atoms with van der Waals surface area (Å²) in [6, 6.07) is 9.98. The molecule has 0 radical (unpaired) electrons. The van der Waals surface area contributed by atoms with E-state index in [1.54, 1.807) is 18.3 Å². The monoisotopic (exact) mass is 315 g/mol. The van der Waals surface area contributed by atoms with Crippen molar-refractivity contribution in [2.75, 3.05) is 11.6 Å². The summed E-state index contributed by atoms with van der Waals surface area (Å²) >= 11 is 1.54. The van der Waals surface area contributed by atoms with E-state index < -0.39 is 0 Å². The minimum atomic E-state index is -0.267. The van der Waals surface area contributed by atoms with E-state index in [4.69, 9.17) is 4.52 Å². The average Bonchev–Trinajstić information content (AvgIpc) is 2.91. The SMILES string of the molecule is CSc1noc(C)c1-c1ccnc(Nc2ccc(F)cc2)c1. The highest BCUT2D eigenvalue weighted by Gasteiger charge is 2.14. The molecule has 4 nitrogen and oxygen atoms in total. The molecule has 1 N–H and O–H groups in total. The molecule has 1 aromatic carbocycles. The molecule has 0 aliphatic carbocycles. The van der Waals surface area contributed by atoms with Gasteiger partial charge >= 0.3 is 0 Å². The molecule has 3 aromatic rings. The number of nitrogens with one attached hydrogen (secondary N) is 1. The Bertz CT molecular complexity index is 786. The summed E-state index contributed by atoms with van der Waals surface area (Å²) < 4.78 is 18.2. The molecule has 0 atom stereocenters. The predicted octanol–water partition coefficient (Wildman–Crippen LogP) is 4.65. The van der Waals surface area contributed by atoms with Gasteiger partial charge in [0.15, 0.2) is 0 Å². The quantitative estimate of drug-likeness (QED) is 0.710. The molecule has 0 spiro atoms. The lowest BCUT2D eigenvalue weighted by Crippen LogP contribution is -1.94. The van der Waals surface area contributed by atoms with Crippen LogP contribution in [0.15, 0.2) is 52.1 Å². The lowest BCUT2D eigenvalue weighted by molar-refractivity contribution is 0.384. The van der Waals surface area contributed by atoms with Crippen LogP contribution in [0, 0.1) is 12.7 Å². The molecule has 6 heteroatoms. The highest BCUT2D eigenvalue weighted by Crippen LogP contribution is 2.33. The summed E-state index contributed by atoms with van der Waals surface area (Å²) in [5, 5.41) is 8.04. The second-order valence-electron chi connectivity index (χ2n) is 4.68. The van der Waals surface area contributed by atoms with Gasteiger partial charge in [0.2, 0.25) is 0 Å². The summed E-state index contributed by atoms with van der Waals surface area (Å²) in [6.07, 6.45) is 3.68. The van der Waals surface area contributed by atoms with Gasteiger partial charge in [-0.05, 0) is 55.1 Å². The molecule has 0 amide bonds. The second kappa shape index (κ2) is 6.19. The van der Waals surface area contributed by atoms with Crippen molar-refractivity contribution in [3.8, 4) is 11.1 Å². The Morgan fingerprint density at radius 1 is 1.18 bits per heavy atom. The minimum absolute atomic E-state index is 0.267. The van der Waals surface area contributed by atoms with Gasteiger partial charge in [-0.15, -0.1) is 11.8 Å². The zero-order valence-corrected chi connectivity index (χ0v) is 12.9. The van der Waals surface area contributed by atoms with Gasteiger partial charge in [0.1, 0.15) is 22.4 Å². The zero-order chi connectivity index (χ0) is 15.5. The number of anilines is 2. The van der Waals surface area contributed by atoms with Crippen molar-refractivity contribution in [1.82, 2.24) is 10.1 Å². The number of benzene rings is 1. The van der Waals surface area contributed by atoms with Gasteiger partial charge in [-0.25, -0.2) is 9.37 Å². The Labute approximate surface area is 131 Å². The fraction of sp³-hybridized carbons (Fsp3) is 0.125. The van der Waals surface area contributed by atoms with Crippen LogP contribution in [0.4, 0.5) is 15.9 Å². The number of rotatable bonds is 4. The number of thioether (sulfide) groups is 1. The van der Waals surface area contributed by atoms with E-state index >= 15 is 0 Å². The van der Waals surface area contributed by atoms with Gasteiger partial charge in [-0.1, -0.05) is 5.16 Å². The van der Waals surface area contributed by atoms with Crippen molar-refractivity contribution in [2.45, 2.75) is 11.9 Å². The summed E-state index contributed by atoms with van der Waals surface area (Å²) in [5.74, 6) is 1.18. The van der Waals surface area contributed by atoms with Crippen LogP contribution in [0.5, 0.6) is 0 Å². The summed E-state index contributed by atoms with van der Waals surface area (Å²) in [7, 11) is 0. The molecule has 0 bridgehead atoms. The third-order valence-electron chi connectivity index (χ3n) is 3.19. The maximum absolute atomic E-state index is 12.9. The Morgan fingerprint density at radius 2 is 1.95 bits per heavy atom. The van der Waals surface area contributed by atoms with E-state index in [0.29, 0.717) is 5.82 Å². The van der Waals surface area contributed by atoms with Crippen LogP contribution >= 0.6 is 11.8 Å². The van der Waals surface area contributed by atoms with Crippen molar-refractivity contribution in [3.05, 3.63) is 54.2 Å². The standard InChI is InChI=1S/C16H14FN3OS/c1-10-15(16(22-2)20-21-10)11-7-8-18-14(9-11)19-13-5-3-12(17)4-6-13/h3-9H,1-2H3,(H,18,19). The molecular weight excluding hydrogens is 301 g/mol. The molecule has 2 heterocycles. The highest BCUT2D eigenvalue weighted by atomic mass is 32.2. The van der Waals surface area contributed by atoms with Crippen molar-refractivity contribution in [2.24, 2.45) is 0 Å². The third-order valence-corrected chi connectivity index (χ3v) is 3.86. The van der Waals surface area contributed by atoms with Crippen molar-refractivity contribution in [3.63, 3.8) is 0 Å².